The van der Waals surface area contributed by atoms with E-state index in [2.05, 4.69) is 24.1 Å². The molecule has 0 bridgehead atoms. The Morgan fingerprint density at radius 1 is 1.11 bits per heavy atom. The molecule has 0 heterocycles. The van der Waals surface area contributed by atoms with Crippen LogP contribution in [0.5, 0.6) is 0 Å². The summed E-state index contributed by atoms with van der Waals surface area (Å²) >= 11 is 0. The number of hydrogen-bond acceptors (Lipinski definition) is 2. The summed E-state index contributed by atoms with van der Waals surface area (Å²) in [5.41, 5.74) is 8.23. The maximum Gasteiger partial charge on any atom is 0.0346 e. The van der Waals surface area contributed by atoms with Crippen LogP contribution in [-0.4, -0.2) is 24.5 Å². The predicted molar refractivity (Wildman–Crippen MR) is 83.3 cm³/mol. The minimum absolute atomic E-state index is 0.815. The largest absolute Gasteiger partial charge is 0.399 e. The first-order valence-electron chi connectivity index (χ1n) is 7.81. The lowest BCUT2D eigenvalue weighted by Crippen LogP contribution is -2.32. The normalized spacial score (nSPS) is 17.6. The molecule has 0 radical (unpaired) electrons. The van der Waals surface area contributed by atoms with Crippen molar-refractivity contribution in [3.8, 4) is 0 Å². The minimum Gasteiger partial charge on any atom is -0.399 e. The Morgan fingerprint density at radius 3 is 2.47 bits per heavy atom. The Kier molecular flexibility index (Phi) is 5.71. The maximum absolute atomic E-state index is 5.99. The van der Waals surface area contributed by atoms with Gasteiger partial charge in [0.25, 0.3) is 0 Å². The average molecular weight is 260 g/mol. The van der Waals surface area contributed by atoms with Crippen LogP contribution in [0.15, 0.2) is 24.3 Å². The predicted octanol–water partition coefficient (Wildman–Crippen LogP) is 3.86. The molecule has 0 saturated heterocycles. The van der Waals surface area contributed by atoms with E-state index in [1.54, 1.807) is 0 Å². The Labute approximate surface area is 118 Å². The highest BCUT2D eigenvalue weighted by molar-refractivity contribution is 5.46. The molecule has 0 aromatic heterocycles. The number of nitrogen functional groups attached to an aromatic ring is 1. The Morgan fingerprint density at radius 2 is 1.79 bits per heavy atom. The van der Waals surface area contributed by atoms with E-state index in [1.807, 2.05) is 12.1 Å². The van der Waals surface area contributed by atoms with Crippen molar-refractivity contribution in [2.75, 3.05) is 19.3 Å². The van der Waals surface area contributed by atoms with Gasteiger partial charge in [-0.05, 0) is 50.9 Å². The second-order valence-electron chi connectivity index (χ2n) is 5.93. The average Bonchev–Trinajstić information content (AvgIpc) is 2.70. The first-order chi connectivity index (χ1) is 9.27. The number of hydrogen-bond donors (Lipinski definition) is 1. The third-order valence-corrected chi connectivity index (χ3v) is 4.46. The summed E-state index contributed by atoms with van der Waals surface area (Å²) in [5.74, 6) is 0. The molecule has 1 saturated carbocycles. The van der Waals surface area contributed by atoms with Gasteiger partial charge in [-0.1, -0.05) is 43.9 Å². The lowest BCUT2D eigenvalue weighted by Gasteiger charge is -2.27. The number of rotatable bonds is 5. The topological polar surface area (TPSA) is 29.3 Å². The SMILES string of the molecule is CN(CCCc1ccccc1N)C1CCCCCC1. The van der Waals surface area contributed by atoms with Crippen LogP contribution in [0.25, 0.3) is 0 Å². The van der Waals surface area contributed by atoms with Gasteiger partial charge in [0.1, 0.15) is 0 Å². The van der Waals surface area contributed by atoms with Crippen LogP contribution in [-0.2, 0) is 6.42 Å². The lowest BCUT2D eigenvalue weighted by atomic mass is 10.1. The lowest BCUT2D eigenvalue weighted by molar-refractivity contribution is 0.219. The van der Waals surface area contributed by atoms with E-state index in [0.29, 0.717) is 0 Å². The summed E-state index contributed by atoms with van der Waals surface area (Å²) in [4.78, 5) is 2.57. The van der Waals surface area contributed by atoms with Gasteiger partial charge in [0.2, 0.25) is 0 Å². The zero-order valence-corrected chi connectivity index (χ0v) is 12.3. The molecule has 0 unspecified atom stereocenters. The van der Waals surface area contributed by atoms with Crippen molar-refractivity contribution in [1.29, 1.82) is 0 Å². The third kappa shape index (κ3) is 4.54. The quantitative estimate of drug-likeness (QED) is 0.643. The molecule has 2 heteroatoms. The zero-order valence-electron chi connectivity index (χ0n) is 12.3. The summed E-state index contributed by atoms with van der Waals surface area (Å²) in [6.07, 6.45) is 10.8. The molecule has 19 heavy (non-hydrogen) atoms. The molecule has 106 valence electrons. The van der Waals surface area contributed by atoms with Gasteiger partial charge in [-0.2, -0.15) is 0 Å². The summed E-state index contributed by atoms with van der Waals surface area (Å²) in [6.45, 7) is 1.19. The Bertz CT molecular complexity index is 367. The second-order valence-corrected chi connectivity index (χ2v) is 5.93. The molecule has 0 atom stereocenters. The highest BCUT2D eigenvalue weighted by atomic mass is 15.1. The van der Waals surface area contributed by atoms with E-state index in [4.69, 9.17) is 5.73 Å². The van der Waals surface area contributed by atoms with E-state index in [9.17, 15) is 0 Å². The Hall–Kier alpha value is -1.02. The first-order valence-corrected chi connectivity index (χ1v) is 7.81. The van der Waals surface area contributed by atoms with Gasteiger partial charge in [-0.3, -0.25) is 0 Å². The van der Waals surface area contributed by atoms with E-state index >= 15 is 0 Å². The van der Waals surface area contributed by atoms with Gasteiger partial charge >= 0.3 is 0 Å². The molecule has 0 amide bonds. The van der Waals surface area contributed by atoms with Crippen LogP contribution in [0, 0.1) is 0 Å². The number of nitrogens with zero attached hydrogens (tertiary/aromatic N) is 1. The van der Waals surface area contributed by atoms with Crippen molar-refractivity contribution in [3.63, 3.8) is 0 Å². The number of para-hydroxylation sites is 1. The maximum atomic E-state index is 5.99. The highest BCUT2D eigenvalue weighted by Crippen LogP contribution is 2.21. The summed E-state index contributed by atoms with van der Waals surface area (Å²) in [6, 6.07) is 9.07. The molecular formula is C17H28N2. The molecule has 1 aliphatic carbocycles. The second kappa shape index (κ2) is 7.54. The molecule has 1 fully saturated rings. The van der Waals surface area contributed by atoms with E-state index in [-0.39, 0.29) is 0 Å². The van der Waals surface area contributed by atoms with Gasteiger partial charge in [0, 0.05) is 11.7 Å². The molecule has 2 rings (SSSR count). The van der Waals surface area contributed by atoms with Crippen molar-refractivity contribution in [2.45, 2.75) is 57.4 Å². The van der Waals surface area contributed by atoms with E-state index in [0.717, 1.165) is 18.2 Å². The van der Waals surface area contributed by atoms with Crippen LogP contribution in [0.1, 0.15) is 50.5 Å². The summed E-state index contributed by atoms with van der Waals surface area (Å²) in [7, 11) is 2.30. The fraction of sp³-hybridized carbons (Fsp3) is 0.647. The molecule has 0 spiro atoms. The van der Waals surface area contributed by atoms with Crippen molar-refractivity contribution in [1.82, 2.24) is 4.90 Å². The highest BCUT2D eigenvalue weighted by Gasteiger charge is 2.16. The van der Waals surface area contributed by atoms with Crippen molar-refractivity contribution >= 4 is 5.69 Å². The smallest absolute Gasteiger partial charge is 0.0346 e. The first kappa shape index (κ1) is 14.4. The molecule has 2 nitrogen and oxygen atoms in total. The van der Waals surface area contributed by atoms with Crippen LogP contribution in [0.3, 0.4) is 0 Å². The standard InChI is InChI=1S/C17H28N2/c1-19(16-11-4-2-3-5-12-16)14-8-10-15-9-6-7-13-17(15)18/h6-7,9,13,16H,2-5,8,10-12,14,18H2,1H3. The van der Waals surface area contributed by atoms with Gasteiger partial charge in [0.15, 0.2) is 0 Å². The number of nitrogens with two attached hydrogens (primary N) is 1. The fourth-order valence-corrected chi connectivity index (χ4v) is 3.16. The molecule has 2 N–H and O–H groups in total. The number of anilines is 1. The van der Waals surface area contributed by atoms with Crippen LogP contribution < -0.4 is 5.73 Å². The molecular weight excluding hydrogens is 232 g/mol. The van der Waals surface area contributed by atoms with E-state index in [1.165, 1.54) is 57.1 Å². The number of benzene rings is 1. The van der Waals surface area contributed by atoms with Gasteiger partial charge < -0.3 is 10.6 Å². The number of aryl methyl sites for hydroxylation is 1. The molecule has 0 aliphatic heterocycles. The van der Waals surface area contributed by atoms with Gasteiger partial charge in [-0.25, -0.2) is 0 Å². The molecule has 1 aromatic carbocycles. The van der Waals surface area contributed by atoms with Crippen molar-refractivity contribution in [2.24, 2.45) is 0 Å². The van der Waals surface area contributed by atoms with E-state index < -0.39 is 0 Å². The van der Waals surface area contributed by atoms with Crippen molar-refractivity contribution in [3.05, 3.63) is 29.8 Å². The summed E-state index contributed by atoms with van der Waals surface area (Å²) in [5, 5.41) is 0. The monoisotopic (exact) mass is 260 g/mol. The molecule has 1 aliphatic rings. The van der Waals surface area contributed by atoms with Crippen molar-refractivity contribution < 1.29 is 0 Å². The fourth-order valence-electron chi connectivity index (χ4n) is 3.16. The summed E-state index contributed by atoms with van der Waals surface area (Å²) < 4.78 is 0. The molecule has 1 aromatic rings. The van der Waals surface area contributed by atoms with Gasteiger partial charge in [0.05, 0.1) is 0 Å². The zero-order chi connectivity index (χ0) is 13.5. The van der Waals surface area contributed by atoms with Crippen LogP contribution in [0.2, 0.25) is 0 Å². The van der Waals surface area contributed by atoms with Gasteiger partial charge in [-0.15, -0.1) is 0 Å². The van der Waals surface area contributed by atoms with Crippen LogP contribution in [0.4, 0.5) is 5.69 Å². The Balaban J connectivity index is 1.74. The van der Waals surface area contributed by atoms with Crippen LogP contribution >= 0.6 is 0 Å². The third-order valence-electron chi connectivity index (χ3n) is 4.46. The minimum atomic E-state index is 0.815.